The van der Waals surface area contributed by atoms with Crippen LogP contribution < -0.4 is 10.2 Å². The molecule has 4 rings (SSSR count). The number of anilines is 1. The third kappa shape index (κ3) is 4.32. The second kappa shape index (κ2) is 8.12. The van der Waals surface area contributed by atoms with Crippen LogP contribution >= 0.6 is 11.8 Å². The van der Waals surface area contributed by atoms with Crippen LogP contribution in [0.2, 0.25) is 0 Å². The molecule has 2 aromatic carbocycles. The molecule has 6 nitrogen and oxygen atoms in total. The predicted octanol–water partition coefficient (Wildman–Crippen LogP) is 3.32. The first-order valence-corrected chi connectivity index (χ1v) is 9.94. The van der Waals surface area contributed by atoms with Crippen LogP contribution in [0.5, 0.6) is 0 Å². The minimum atomic E-state index is -0.0566. The van der Waals surface area contributed by atoms with Gasteiger partial charge in [0.1, 0.15) is 6.23 Å². The van der Waals surface area contributed by atoms with Crippen LogP contribution in [0.1, 0.15) is 11.8 Å². The number of hydrogen-bond acceptors (Lipinski definition) is 6. The van der Waals surface area contributed by atoms with Crippen molar-refractivity contribution in [2.24, 2.45) is 0 Å². The fraction of sp³-hybridized carbons (Fsp3) is 0.300. The molecule has 7 heteroatoms. The summed E-state index contributed by atoms with van der Waals surface area (Å²) in [4.78, 5) is 6.65. The molecular formula is C20H23N5OS. The van der Waals surface area contributed by atoms with Gasteiger partial charge in [-0.3, -0.25) is 10.4 Å². The standard InChI is InChI=1S/C20H23N5OS/c1-25(2)16-10-8-15(9-11-16)19-21-12-17(26-19)13-27-20-22-18(23-24-20)14-6-4-3-5-7-14/h3-11,17,19,21H,12-13H2,1-2H3,(H,22,23,24)/t17-,19+/m1/s1. The van der Waals surface area contributed by atoms with Crippen molar-refractivity contribution in [1.29, 1.82) is 0 Å². The molecule has 1 aliphatic heterocycles. The van der Waals surface area contributed by atoms with Crippen molar-refractivity contribution in [2.75, 3.05) is 31.3 Å². The van der Waals surface area contributed by atoms with Gasteiger partial charge in [0.05, 0.1) is 6.10 Å². The molecule has 140 valence electrons. The van der Waals surface area contributed by atoms with Gasteiger partial charge in [0, 0.05) is 37.6 Å². The zero-order valence-electron chi connectivity index (χ0n) is 15.4. The van der Waals surface area contributed by atoms with Gasteiger partial charge in [-0.25, -0.2) is 4.98 Å². The summed E-state index contributed by atoms with van der Waals surface area (Å²) in [6.45, 7) is 0.822. The molecule has 2 atom stereocenters. The number of ether oxygens (including phenoxy) is 1. The molecule has 0 amide bonds. The smallest absolute Gasteiger partial charge is 0.208 e. The van der Waals surface area contributed by atoms with E-state index in [4.69, 9.17) is 4.74 Å². The summed E-state index contributed by atoms with van der Waals surface area (Å²) in [7, 11) is 4.08. The van der Waals surface area contributed by atoms with Crippen LogP contribution in [0.3, 0.4) is 0 Å². The molecule has 2 N–H and O–H groups in total. The van der Waals surface area contributed by atoms with Crippen molar-refractivity contribution in [3.05, 3.63) is 60.2 Å². The zero-order chi connectivity index (χ0) is 18.6. The van der Waals surface area contributed by atoms with Crippen LogP contribution in [0.4, 0.5) is 5.69 Å². The van der Waals surface area contributed by atoms with E-state index in [9.17, 15) is 0 Å². The Morgan fingerprint density at radius 3 is 2.63 bits per heavy atom. The Bertz CT molecular complexity index is 866. The summed E-state index contributed by atoms with van der Waals surface area (Å²) in [5, 5.41) is 11.5. The number of aromatic amines is 1. The van der Waals surface area contributed by atoms with Crippen LogP contribution in [0.15, 0.2) is 59.8 Å². The highest BCUT2D eigenvalue weighted by atomic mass is 32.2. The molecule has 0 bridgehead atoms. The average Bonchev–Trinajstić information content (AvgIpc) is 3.37. The Labute approximate surface area is 163 Å². The number of nitrogens with one attached hydrogen (secondary N) is 2. The summed E-state index contributed by atoms with van der Waals surface area (Å²) in [5.74, 6) is 1.60. The van der Waals surface area contributed by atoms with E-state index in [0.717, 1.165) is 34.4 Å². The largest absolute Gasteiger partial charge is 0.378 e. The molecule has 0 unspecified atom stereocenters. The lowest BCUT2D eigenvalue weighted by molar-refractivity contribution is 0.0534. The number of benzene rings is 2. The maximum absolute atomic E-state index is 6.15. The molecule has 1 aliphatic rings. The minimum Gasteiger partial charge on any atom is -0.378 e. The lowest BCUT2D eigenvalue weighted by atomic mass is 10.2. The SMILES string of the molecule is CN(C)c1ccc([C@H]2NC[C@H](CSc3n[nH]c(-c4ccccc4)n3)O2)cc1. The number of nitrogens with zero attached hydrogens (tertiary/aromatic N) is 3. The molecule has 1 saturated heterocycles. The molecule has 1 aromatic heterocycles. The first-order valence-electron chi connectivity index (χ1n) is 8.96. The molecular weight excluding hydrogens is 358 g/mol. The first-order chi connectivity index (χ1) is 13.2. The molecule has 0 spiro atoms. The summed E-state index contributed by atoms with van der Waals surface area (Å²) >= 11 is 1.61. The fourth-order valence-corrected chi connectivity index (χ4v) is 3.77. The van der Waals surface area contributed by atoms with Gasteiger partial charge in [-0.1, -0.05) is 54.2 Å². The van der Waals surface area contributed by atoms with Crippen LogP contribution in [-0.4, -0.2) is 47.7 Å². The average molecular weight is 382 g/mol. The van der Waals surface area contributed by atoms with E-state index in [0.29, 0.717) is 0 Å². The molecule has 3 aromatic rings. The zero-order valence-corrected chi connectivity index (χ0v) is 16.2. The van der Waals surface area contributed by atoms with E-state index < -0.39 is 0 Å². The molecule has 0 radical (unpaired) electrons. The van der Waals surface area contributed by atoms with Crippen LogP contribution in [0.25, 0.3) is 11.4 Å². The van der Waals surface area contributed by atoms with E-state index >= 15 is 0 Å². The summed E-state index contributed by atoms with van der Waals surface area (Å²) in [6, 6.07) is 18.5. The lowest BCUT2D eigenvalue weighted by Crippen LogP contribution is -2.17. The monoisotopic (exact) mass is 381 g/mol. The quantitative estimate of drug-likeness (QED) is 0.639. The summed E-state index contributed by atoms with van der Waals surface area (Å²) < 4.78 is 6.15. The van der Waals surface area contributed by atoms with Crippen LogP contribution in [-0.2, 0) is 4.74 Å². The third-order valence-electron chi connectivity index (χ3n) is 4.48. The second-order valence-electron chi connectivity index (χ2n) is 6.68. The lowest BCUT2D eigenvalue weighted by Gasteiger charge is -2.16. The Hall–Kier alpha value is -2.35. The van der Waals surface area contributed by atoms with Gasteiger partial charge in [0.15, 0.2) is 5.82 Å². The highest BCUT2D eigenvalue weighted by Crippen LogP contribution is 2.27. The van der Waals surface area contributed by atoms with E-state index in [-0.39, 0.29) is 12.3 Å². The molecule has 0 aliphatic carbocycles. The van der Waals surface area contributed by atoms with E-state index in [1.54, 1.807) is 11.8 Å². The van der Waals surface area contributed by atoms with Crippen molar-refractivity contribution in [3.8, 4) is 11.4 Å². The number of rotatable bonds is 6. The van der Waals surface area contributed by atoms with Crippen molar-refractivity contribution < 1.29 is 4.74 Å². The number of thioether (sulfide) groups is 1. The van der Waals surface area contributed by atoms with Gasteiger partial charge in [0.2, 0.25) is 5.16 Å². The molecule has 0 saturated carbocycles. The van der Waals surface area contributed by atoms with Gasteiger partial charge >= 0.3 is 0 Å². The predicted molar refractivity (Wildman–Crippen MR) is 109 cm³/mol. The number of aromatic nitrogens is 3. The van der Waals surface area contributed by atoms with Crippen molar-refractivity contribution >= 4 is 17.4 Å². The van der Waals surface area contributed by atoms with E-state index in [1.165, 1.54) is 5.69 Å². The third-order valence-corrected chi connectivity index (χ3v) is 5.46. The topological polar surface area (TPSA) is 66.1 Å². The summed E-state index contributed by atoms with van der Waals surface area (Å²) in [5.41, 5.74) is 3.37. The Morgan fingerprint density at radius 2 is 1.89 bits per heavy atom. The maximum Gasteiger partial charge on any atom is 0.208 e. The van der Waals surface area contributed by atoms with Gasteiger partial charge in [0.25, 0.3) is 0 Å². The second-order valence-corrected chi connectivity index (χ2v) is 7.66. The minimum absolute atomic E-state index is 0.0566. The fourth-order valence-electron chi connectivity index (χ4n) is 2.97. The van der Waals surface area contributed by atoms with Crippen molar-refractivity contribution in [3.63, 3.8) is 0 Å². The van der Waals surface area contributed by atoms with E-state index in [2.05, 4.69) is 49.7 Å². The maximum atomic E-state index is 6.15. The van der Waals surface area contributed by atoms with Gasteiger partial charge in [-0.2, -0.15) is 0 Å². The molecule has 2 heterocycles. The number of hydrogen-bond donors (Lipinski definition) is 2. The normalized spacial score (nSPS) is 19.3. The Balaban J connectivity index is 1.31. The van der Waals surface area contributed by atoms with Gasteiger partial charge < -0.3 is 9.64 Å². The Kier molecular flexibility index (Phi) is 5.42. The number of H-pyrrole nitrogens is 1. The van der Waals surface area contributed by atoms with Crippen LogP contribution in [0, 0.1) is 0 Å². The summed E-state index contributed by atoms with van der Waals surface area (Å²) in [6.07, 6.45) is 0.0750. The van der Waals surface area contributed by atoms with Crippen molar-refractivity contribution in [1.82, 2.24) is 20.5 Å². The van der Waals surface area contributed by atoms with Gasteiger partial charge in [-0.15, -0.1) is 5.10 Å². The van der Waals surface area contributed by atoms with Gasteiger partial charge in [-0.05, 0) is 17.7 Å². The first kappa shape index (κ1) is 18.0. The highest BCUT2D eigenvalue weighted by Gasteiger charge is 2.26. The highest BCUT2D eigenvalue weighted by molar-refractivity contribution is 7.99. The van der Waals surface area contributed by atoms with Crippen molar-refractivity contribution in [2.45, 2.75) is 17.5 Å². The Morgan fingerprint density at radius 1 is 1.11 bits per heavy atom. The molecule has 27 heavy (non-hydrogen) atoms. The van der Waals surface area contributed by atoms with E-state index in [1.807, 2.05) is 44.4 Å². The molecule has 1 fully saturated rings.